The van der Waals surface area contributed by atoms with Crippen LogP contribution in [-0.2, 0) is 27.4 Å². The minimum absolute atomic E-state index is 0.0521. The van der Waals surface area contributed by atoms with Gasteiger partial charge in [0.15, 0.2) is 0 Å². The molecule has 27 heavy (non-hydrogen) atoms. The molecular weight excluding hydrogens is 352 g/mol. The number of carbonyl (C=O) groups excluding carboxylic acids is 1. The molecule has 2 aromatic rings. The highest BCUT2D eigenvalue weighted by atomic mass is 16.6. The molecule has 0 radical (unpaired) electrons. The maximum atomic E-state index is 12.1. The molecule has 1 N–H and O–H groups in total. The molecule has 0 fully saturated rings. The standard InChI is InChI=1S/C19H24N2O6/c1-3-7-27-17-6-4-5-15(11-17)10-16-12-21(19(24)20-18(16)23)13-25-8-9-26-14(2)22/h4-6,11-12H,3,7-10,13H2,1-2H3,(H,20,23,24). The number of H-pyrrole nitrogens is 1. The van der Waals surface area contributed by atoms with Crippen LogP contribution in [0.25, 0.3) is 0 Å². The lowest BCUT2D eigenvalue weighted by molar-refractivity contribution is -0.142. The van der Waals surface area contributed by atoms with E-state index in [1.54, 1.807) is 0 Å². The third-order valence-corrected chi connectivity index (χ3v) is 3.61. The van der Waals surface area contributed by atoms with E-state index in [-0.39, 0.29) is 19.9 Å². The lowest BCUT2D eigenvalue weighted by atomic mass is 10.1. The lowest BCUT2D eigenvalue weighted by Gasteiger charge is -2.10. The number of carbonyl (C=O) groups is 1. The van der Waals surface area contributed by atoms with Crippen molar-refractivity contribution in [1.29, 1.82) is 0 Å². The summed E-state index contributed by atoms with van der Waals surface area (Å²) in [7, 11) is 0. The second kappa shape index (κ2) is 10.3. The highest BCUT2D eigenvalue weighted by Crippen LogP contribution is 2.15. The topological polar surface area (TPSA) is 99.6 Å². The minimum Gasteiger partial charge on any atom is -0.494 e. The predicted molar refractivity (Wildman–Crippen MR) is 98.9 cm³/mol. The van der Waals surface area contributed by atoms with Gasteiger partial charge >= 0.3 is 11.7 Å². The molecular formula is C19H24N2O6. The van der Waals surface area contributed by atoms with Crippen LogP contribution in [0.15, 0.2) is 40.1 Å². The summed E-state index contributed by atoms with van der Waals surface area (Å²) < 4.78 is 16.9. The van der Waals surface area contributed by atoms with Gasteiger partial charge in [0.05, 0.1) is 13.2 Å². The van der Waals surface area contributed by atoms with Crippen molar-refractivity contribution in [3.8, 4) is 5.75 Å². The van der Waals surface area contributed by atoms with E-state index in [1.807, 2.05) is 31.2 Å². The Bertz CT molecular complexity index is 871. The molecule has 0 amide bonds. The van der Waals surface area contributed by atoms with Crippen LogP contribution in [0.4, 0.5) is 0 Å². The summed E-state index contributed by atoms with van der Waals surface area (Å²) in [4.78, 5) is 37.0. The number of aromatic amines is 1. The normalized spacial score (nSPS) is 10.6. The molecule has 0 saturated carbocycles. The first-order valence-corrected chi connectivity index (χ1v) is 8.75. The van der Waals surface area contributed by atoms with Crippen LogP contribution in [0.1, 0.15) is 31.4 Å². The summed E-state index contributed by atoms with van der Waals surface area (Å²) in [6.07, 6.45) is 2.74. The zero-order valence-electron chi connectivity index (χ0n) is 15.5. The third-order valence-electron chi connectivity index (χ3n) is 3.61. The highest BCUT2D eigenvalue weighted by Gasteiger charge is 2.07. The molecule has 1 aromatic heterocycles. The van der Waals surface area contributed by atoms with Crippen molar-refractivity contribution < 1.29 is 19.0 Å². The van der Waals surface area contributed by atoms with Gasteiger partial charge in [0.25, 0.3) is 5.56 Å². The number of ether oxygens (including phenoxy) is 3. The number of rotatable bonds is 10. The van der Waals surface area contributed by atoms with Gasteiger partial charge in [0.1, 0.15) is 19.1 Å². The van der Waals surface area contributed by atoms with E-state index in [0.29, 0.717) is 18.6 Å². The Morgan fingerprint density at radius 1 is 1.19 bits per heavy atom. The van der Waals surface area contributed by atoms with Crippen molar-refractivity contribution in [1.82, 2.24) is 9.55 Å². The number of nitrogens with one attached hydrogen (secondary N) is 1. The Morgan fingerprint density at radius 3 is 2.74 bits per heavy atom. The Labute approximate surface area is 156 Å². The van der Waals surface area contributed by atoms with Gasteiger partial charge < -0.3 is 14.2 Å². The maximum absolute atomic E-state index is 12.1. The Morgan fingerprint density at radius 2 is 2.00 bits per heavy atom. The maximum Gasteiger partial charge on any atom is 0.330 e. The summed E-state index contributed by atoms with van der Waals surface area (Å²) >= 11 is 0. The van der Waals surface area contributed by atoms with Gasteiger partial charge in [-0.25, -0.2) is 4.79 Å². The van der Waals surface area contributed by atoms with Gasteiger partial charge in [-0.15, -0.1) is 0 Å². The minimum atomic E-state index is -0.559. The zero-order valence-corrected chi connectivity index (χ0v) is 15.5. The van der Waals surface area contributed by atoms with E-state index in [1.165, 1.54) is 17.7 Å². The van der Waals surface area contributed by atoms with E-state index < -0.39 is 17.2 Å². The highest BCUT2D eigenvalue weighted by molar-refractivity contribution is 5.65. The van der Waals surface area contributed by atoms with Crippen molar-refractivity contribution in [2.24, 2.45) is 0 Å². The lowest BCUT2D eigenvalue weighted by Crippen LogP contribution is -2.32. The zero-order chi connectivity index (χ0) is 19.6. The molecule has 146 valence electrons. The van der Waals surface area contributed by atoms with Crippen molar-refractivity contribution >= 4 is 5.97 Å². The van der Waals surface area contributed by atoms with Crippen molar-refractivity contribution in [2.75, 3.05) is 19.8 Å². The first kappa shape index (κ1) is 20.4. The fourth-order valence-corrected chi connectivity index (χ4v) is 2.37. The smallest absolute Gasteiger partial charge is 0.330 e. The fourth-order valence-electron chi connectivity index (χ4n) is 2.37. The number of nitrogens with zero attached hydrogens (tertiary/aromatic N) is 1. The van der Waals surface area contributed by atoms with E-state index in [9.17, 15) is 14.4 Å². The molecule has 8 nitrogen and oxygen atoms in total. The molecule has 0 aliphatic carbocycles. The summed E-state index contributed by atoms with van der Waals surface area (Å²) in [5, 5.41) is 0. The summed E-state index contributed by atoms with van der Waals surface area (Å²) in [5.41, 5.74) is 0.341. The van der Waals surface area contributed by atoms with Crippen LogP contribution in [0.3, 0.4) is 0 Å². The number of hydrogen-bond donors (Lipinski definition) is 1. The fraction of sp³-hybridized carbons (Fsp3) is 0.421. The monoisotopic (exact) mass is 376 g/mol. The molecule has 1 aromatic carbocycles. The van der Waals surface area contributed by atoms with E-state index in [0.717, 1.165) is 17.7 Å². The van der Waals surface area contributed by atoms with Crippen molar-refractivity contribution in [2.45, 2.75) is 33.4 Å². The number of hydrogen-bond acceptors (Lipinski definition) is 6. The molecule has 0 unspecified atom stereocenters. The molecule has 0 saturated heterocycles. The average Bonchev–Trinajstić information content (AvgIpc) is 2.63. The largest absolute Gasteiger partial charge is 0.494 e. The van der Waals surface area contributed by atoms with Gasteiger partial charge in [0, 0.05) is 25.1 Å². The molecule has 0 aliphatic heterocycles. The predicted octanol–water partition coefficient (Wildman–Crippen LogP) is 1.45. The van der Waals surface area contributed by atoms with Crippen molar-refractivity contribution in [3.63, 3.8) is 0 Å². The van der Waals surface area contributed by atoms with Gasteiger partial charge in [-0.05, 0) is 24.1 Å². The van der Waals surface area contributed by atoms with Crippen LogP contribution < -0.4 is 16.0 Å². The third kappa shape index (κ3) is 6.74. The molecule has 1 heterocycles. The summed E-state index contributed by atoms with van der Waals surface area (Å²) in [5.74, 6) is 0.347. The van der Waals surface area contributed by atoms with Crippen LogP contribution >= 0.6 is 0 Å². The summed E-state index contributed by atoms with van der Waals surface area (Å²) in [6, 6.07) is 7.49. The average molecular weight is 376 g/mol. The Kier molecular flexibility index (Phi) is 7.81. The first-order chi connectivity index (χ1) is 13.0. The molecule has 0 aliphatic rings. The number of esters is 1. The Hall–Kier alpha value is -2.87. The van der Waals surface area contributed by atoms with Gasteiger partial charge in [-0.1, -0.05) is 19.1 Å². The van der Waals surface area contributed by atoms with Crippen LogP contribution in [0, 0.1) is 0 Å². The molecule has 0 bridgehead atoms. The SMILES string of the molecule is CCCOc1cccc(Cc2cn(COCCOC(C)=O)c(=O)[nH]c2=O)c1. The number of benzene rings is 1. The second-order valence-electron chi connectivity index (χ2n) is 5.93. The van der Waals surface area contributed by atoms with E-state index in [4.69, 9.17) is 14.2 Å². The number of aromatic nitrogens is 2. The van der Waals surface area contributed by atoms with Gasteiger partial charge in [-0.2, -0.15) is 0 Å². The first-order valence-electron chi connectivity index (χ1n) is 8.75. The van der Waals surface area contributed by atoms with Crippen LogP contribution in [0.2, 0.25) is 0 Å². The Balaban J connectivity index is 2.05. The van der Waals surface area contributed by atoms with Gasteiger partial charge in [-0.3, -0.25) is 19.1 Å². The van der Waals surface area contributed by atoms with E-state index >= 15 is 0 Å². The molecule has 2 rings (SSSR count). The molecule has 0 spiro atoms. The van der Waals surface area contributed by atoms with E-state index in [2.05, 4.69) is 4.98 Å². The van der Waals surface area contributed by atoms with Crippen LogP contribution in [0.5, 0.6) is 5.75 Å². The molecule has 8 heteroatoms. The quantitative estimate of drug-likeness (QED) is 0.498. The summed E-state index contributed by atoms with van der Waals surface area (Å²) in [6.45, 7) is 4.16. The van der Waals surface area contributed by atoms with Crippen LogP contribution in [-0.4, -0.2) is 35.3 Å². The second-order valence-corrected chi connectivity index (χ2v) is 5.93. The van der Waals surface area contributed by atoms with Gasteiger partial charge in [0.2, 0.25) is 0 Å². The van der Waals surface area contributed by atoms with Crippen molar-refractivity contribution in [3.05, 3.63) is 62.4 Å². The molecule has 0 atom stereocenters.